The third-order valence-corrected chi connectivity index (χ3v) is 4.14. The molecular weight excluding hydrogens is 372 g/mol. The van der Waals surface area contributed by atoms with Gasteiger partial charge in [-0.25, -0.2) is 0 Å². The second kappa shape index (κ2) is 9.01. The van der Waals surface area contributed by atoms with Gasteiger partial charge in [-0.2, -0.15) is 4.98 Å². The molecule has 1 aromatic heterocycles. The Balaban J connectivity index is 1.63. The van der Waals surface area contributed by atoms with Crippen LogP contribution >= 0.6 is 0 Å². The fourth-order valence-corrected chi connectivity index (χ4v) is 2.53. The van der Waals surface area contributed by atoms with E-state index in [1.165, 1.54) is 0 Å². The van der Waals surface area contributed by atoms with Crippen molar-refractivity contribution in [1.29, 1.82) is 0 Å². The van der Waals surface area contributed by atoms with E-state index in [4.69, 9.17) is 9.26 Å². The van der Waals surface area contributed by atoms with Crippen molar-refractivity contribution in [3.05, 3.63) is 65.3 Å². The van der Waals surface area contributed by atoms with E-state index in [-0.39, 0.29) is 18.4 Å². The number of aromatic nitrogens is 2. The van der Waals surface area contributed by atoms with Gasteiger partial charge in [0.2, 0.25) is 17.6 Å². The van der Waals surface area contributed by atoms with Gasteiger partial charge in [-0.15, -0.1) is 0 Å². The third kappa shape index (κ3) is 5.41. The minimum atomic E-state index is -0.257. The summed E-state index contributed by atoms with van der Waals surface area (Å²) in [5, 5.41) is 9.42. The number of nitrogens with zero attached hydrogens (tertiary/aromatic N) is 2. The molecule has 0 unspecified atom stereocenters. The first-order valence-corrected chi connectivity index (χ1v) is 9.18. The van der Waals surface area contributed by atoms with E-state index < -0.39 is 0 Å². The van der Waals surface area contributed by atoms with Gasteiger partial charge in [-0.3, -0.25) is 9.59 Å². The predicted molar refractivity (Wildman–Crippen MR) is 108 cm³/mol. The van der Waals surface area contributed by atoms with Gasteiger partial charge in [-0.1, -0.05) is 18.1 Å². The third-order valence-electron chi connectivity index (χ3n) is 4.14. The Morgan fingerprint density at radius 3 is 2.48 bits per heavy atom. The van der Waals surface area contributed by atoms with Crippen LogP contribution in [0.5, 0.6) is 5.75 Å². The summed E-state index contributed by atoms with van der Waals surface area (Å²) in [5.74, 6) is 1.17. The standard InChI is InChI=1S/C21H22N4O4/c1-4-20(26)23-16-8-5-13(2)18(11-16)24-21(27)15-6-9-17(10-7-15)28-12-19-22-14(3)29-25-19/h5-11H,4,12H2,1-3H3,(H,23,26)(H,24,27). The predicted octanol–water partition coefficient (Wildman–Crippen LogP) is 3.87. The number of anilines is 2. The van der Waals surface area contributed by atoms with Gasteiger partial charge < -0.3 is 19.9 Å². The molecule has 0 fully saturated rings. The second-order valence-corrected chi connectivity index (χ2v) is 6.43. The summed E-state index contributed by atoms with van der Waals surface area (Å²) in [6, 6.07) is 12.1. The SMILES string of the molecule is CCC(=O)Nc1ccc(C)c(NC(=O)c2ccc(OCc3noc(C)n3)cc2)c1. The molecule has 29 heavy (non-hydrogen) atoms. The van der Waals surface area contributed by atoms with Crippen molar-refractivity contribution in [2.75, 3.05) is 10.6 Å². The van der Waals surface area contributed by atoms with Crippen molar-refractivity contribution in [3.63, 3.8) is 0 Å². The van der Waals surface area contributed by atoms with Gasteiger partial charge in [0, 0.05) is 30.3 Å². The van der Waals surface area contributed by atoms with Crippen molar-refractivity contribution >= 4 is 23.2 Å². The Labute approximate surface area is 168 Å². The number of amides is 2. The van der Waals surface area contributed by atoms with Gasteiger partial charge >= 0.3 is 0 Å². The topological polar surface area (TPSA) is 106 Å². The first-order chi connectivity index (χ1) is 13.9. The van der Waals surface area contributed by atoms with Gasteiger partial charge in [0.05, 0.1) is 0 Å². The summed E-state index contributed by atoms with van der Waals surface area (Å²) in [7, 11) is 0. The van der Waals surface area contributed by atoms with Gasteiger partial charge in [0.25, 0.3) is 5.91 Å². The Morgan fingerprint density at radius 1 is 1.07 bits per heavy atom. The molecule has 0 aliphatic heterocycles. The van der Waals surface area contributed by atoms with Crippen LogP contribution in [0.2, 0.25) is 0 Å². The summed E-state index contributed by atoms with van der Waals surface area (Å²) in [5.41, 5.74) is 2.65. The molecule has 2 amide bonds. The molecule has 8 heteroatoms. The van der Waals surface area contributed by atoms with Crippen molar-refractivity contribution in [1.82, 2.24) is 10.1 Å². The maximum atomic E-state index is 12.6. The largest absolute Gasteiger partial charge is 0.485 e. The highest BCUT2D eigenvalue weighted by Crippen LogP contribution is 2.22. The minimum Gasteiger partial charge on any atom is -0.485 e. The molecule has 2 aromatic carbocycles. The number of nitrogens with one attached hydrogen (secondary N) is 2. The fourth-order valence-electron chi connectivity index (χ4n) is 2.53. The number of rotatable bonds is 7. The first-order valence-electron chi connectivity index (χ1n) is 9.18. The molecule has 8 nitrogen and oxygen atoms in total. The molecule has 0 radical (unpaired) electrons. The molecule has 0 aliphatic rings. The van der Waals surface area contributed by atoms with Crippen LogP contribution in [0.25, 0.3) is 0 Å². The Kier molecular flexibility index (Phi) is 6.23. The number of hydrogen-bond acceptors (Lipinski definition) is 6. The highest BCUT2D eigenvalue weighted by atomic mass is 16.5. The molecule has 0 saturated heterocycles. The molecule has 0 spiro atoms. The number of aryl methyl sites for hydroxylation is 2. The van der Waals surface area contributed by atoms with Crippen molar-refractivity contribution in [2.24, 2.45) is 0 Å². The second-order valence-electron chi connectivity index (χ2n) is 6.43. The van der Waals surface area contributed by atoms with Gasteiger partial charge in [0.15, 0.2) is 6.61 Å². The molecule has 1 heterocycles. The molecule has 2 N–H and O–H groups in total. The fraction of sp³-hybridized carbons (Fsp3) is 0.238. The van der Waals surface area contributed by atoms with Crippen LogP contribution in [-0.2, 0) is 11.4 Å². The van der Waals surface area contributed by atoms with Crippen molar-refractivity contribution in [3.8, 4) is 5.75 Å². The quantitative estimate of drug-likeness (QED) is 0.630. The van der Waals surface area contributed by atoms with Crippen molar-refractivity contribution in [2.45, 2.75) is 33.8 Å². The van der Waals surface area contributed by atoms with E-state index in [9.17, 15) is 9.59 Å². The molecule has 0 bridgehead atoms. The monoisotopic (exact) mass is 394 g/mol. The molecule has 150 valence electrons. The van der Waals surface area contributed by atoms with Gasteiger partial charge in [-0.05, 0) is 48.9 Å². The summed E-state index contributed by atoms with van der Waals surface area (Å²) in [6.07, 6.45) is 0.385. The Hall–Kier alpha value is -3.68. The van der Waals surface area contributed by atoms with Crippen LogP contribution in [0.15, 0.2) is 47.0 Å². The maximum Gasteiger partial charge on any atom is 0.255 e. The number of ether oxygens (including phenoxy) is 1. The van der Waals surface area contributed by atoms with Crippen LogP contribution in [0.3, 0.4) is 0 Å². The molecule has 3 aromatic rings. The normalized spacial score (nSPS) is 10.4. The summed E-state index contributed by atoms with van der Waals surface area (Å²) in [4.78, 5) is 28.2. The zero-order chi connectivity index (χ0) is 20.8. The lowest BCUT2D eigenvalue weighted by Crippen LogP contribution is -2.14. The maximum absolute atomic E-state index is 12.6. The van der Waals surface area contributed by atoms with E-state index >= 15 is 0 Å². The highest BCUT2D eigenvalue weighted by molar-refractivity contribution is 6.05. The molecule has 0 atom stereocenters. The molecular formula is C21H22N4O4. The summed E-state index contributed by atoms with van der Waals surface area (Å²) in [6.45, 7) is 5.55. The van der Waals surface area contributed by atoms with Crippen LogP contribution in [0.4, 0.5) is 11.4 Å². The Bertz CT molecular complexity index is 1010. The zero-order valence-corrected chi connectivity index (χ0v) is 16.5. The smallest absolute Gasteiger partial charge is 0.255 e. The van der Waals surface area contributed by atoms with Crippen LogP contribution < -0.4 is 15.4 Å². The average Bonchev–Trinajstić information content (AvgIpc) is 3.14. The lowest BCUT2D eigenvalue weighted by atomic mass is 10.1. The minimum absolute atomic E-state index is 0.0855. The molecule has 3 rings (SSSR count). The summed E-state index contributed by atoms with van der Waals surface area (Å²) < 4.78 is 10.5. The zero-order valence-electron chi connectivity index (χ0n) is 16.5. The number of hydrogen-bond donors (Lipinski definition) is 2. The highest BCUT2D eigenvalue weighted by Gasteiger charge is 2.10. The molecule has 0 saturated carbocycles. The number of carbonyl (C=O) groups excluding carboxylic acids is 2. The average molecular weight is 394 g/mol. The number of carbonyl (C=O) groups is 2. The summed E-state index contributed by atoms with van der Waals surface area (Å²) >= 11 is 0. The van der Waals surface area contributed by atoms with E-state index in [1.54, 1.807) is 50.2 Å². The van der Waals surface area contributed by atoms with Crippen LogP contribution in [0, 0.1) is 13.8 Å². The Morgan fingerprint density at radius 2 is 1.83 bits per heavy atom. The van der Waals surface area contributed by atoms with E-state index in [0.29, 0.717) is 40.8 Å². The molecule has 0 aliphatic carbocycles. The lowest BCUT2D eigenvalue weighted by molar-refractivity contribution is -0.115. The number of benzene rings is 2. The van der Waals surface area contributed by atoms with E-state index in [2.05, 4.69) is 20.8 Å². The van der Waals surface area contributed by atoms with E-state index in [1.807, 2.05) is 13.0 Å². The van der Waals surface area contributed by atoms with Crippen LogP contribution in [-0.4, -0.2) is 22.0 Å². The van der Waals surface area contributed by atoms with Crippen LogP contribution in [0.1, 0.15) is 41.0 Å². The van der Waals surface area contributed by atoms with Gasteiger partial charge in [0.1, 0.15) is 5.75 Å². The van der Waals surface area contributed by atoms with Crippen molar-refractivity contribution < 1.29 is 18.8 Å². The van der Waals surface area contributed by atoms with E-state index in [0.717, 1.165) is 5.56 Å². The first kappa shape index (κ1) is 20.1. The lowest BCUT2D eigenvalue weighted by Gasteiger charge is -2.12.